The molecule has 0 bridgehead atoms. The van der Waals surface area contributed by atoms with Gasteiger partial charge in [-0.1, -0.05) is 58.1 Å². The number of likely N-dealkylation sites (tertiary alicyclic amines) is 1. The van der Waals surface area contributed by atoms with Crippen molar-refractivity contribution in [2.45, 2.75) is 81.3 Å². The zero-order chi connectivity index (χ0) is 29.8. The largest absolute Gasteiger partial charge is 0.459 e. The van der Waals surface area contributed by atoms with E-state index in [1.54, 1.807) is 0 Å². The van der Waals surface area contributed by atoms with Gasteiger partial charge in [0.25, 0.3) is 5.69 Å². The summed E-state index contributed by atoms with van der Waals surface area (Å²) >= 11 is 11.2. The minimum atomic E-state index is -2.19. The van der Waals surface area contributed by atoms with E-state index in [0.717, 1.165) is 4.90 Å². The predicted octanol–water partition coefficient (Wildman–Crippen LogP) is 6.64. The molecular weight excluding hydrogens is 585 g/mol. The molecule has 1 heterocycles. The van der Waals surface area contributed by atoms with Crippen LogP contribution in [0.4, 0.5) is 5.69 Å². The van der Waals surface area contributed by atoms with Gasteiger partial charge in [0.15, 0.2) is 14.4 Å². The van der Waals surface area contributed by atoms with E-state index in [-0.39, 0.29) is 33.5 Å². The number of nitrogens with zero attached hydrogens (tertiary/aromatic N) is 2. The van der Waals surface area contributed by atoms with Crippen LogP contribution in [0, 0.1) is 16.0 Å². The Balaban J connectivity index is 1.87. The average Bonchev–Trinajstić information content (AvgIpc) is 2.89. The van der Waals surface area contributed by atoms with Crippen LogP contribution in [0.25, 0.3) is 0 Å². The Morgan fingerprint density at radius 3 is 2.27 bits per heavy atom. The van der Waals surface area contributed by atoms with Crippen LogP contribution in [0.5, 0.6) is 0 Å². The quantitative estimate of drug-likeness (QED) is 0.0536. The molecule has 1 aliphatic heterocycles. The van der Waals surface area contributed by atoms with Crippen LogP contribution in [0.1, 0.15) is 39.7 Å². The number of ether oxygens (including phenoxy) is 1. The van der Waals surface area contributed by atoms with E-state index in [1.807, 2.05) is 37.3 Å². The standard InChI is InChI=1S/C28H36N2O6S3Si/c1-7-21(36-40(5,6)28(2,3)4)22-24(31)29(25(22)39-20-11-9-8-10-12-20)23(27(37)38)26(32)35-17-18-13-15-19(16-14-18)30(33)34/h8-16,21-23,25H,7,17H2,1-6H3,(H,37,38)/t21-,22+,23?,25-/m0/s1. The minimum absolute atomic E-state index is 0.0255. The number of thiocarbonyl (C=S) groups is 1. The maximum Gasteiger partial charge on any atom is 0.335 e. The molecule has 2 aromatic carbocycles. The molecule has 40 heavy (non-hydrogen) atoms. The molecule has 216 valence electrons. The number of nitro benzene ring substituents is 1. The molecule has 1 amide bonds. The topological polar surface area (TPSA) is 99.0 Å². The molecule has 0 saturated carbocycles. The summed E-state index contributed by atoms with van der Waals surface area (Å²) in [5.74, 6) is -1.41. The van der Waals surface area contributed by atoms with Gasteiger partial charge in [0, 0.05) is 17.0 Å². The van der Waals surface area contributed by atoms with E-state index in [9.17, 15) is 19.7 Å². The second-order valence-corrected chi connectivity index (χ2v) is 18.4. The van der Waals surface area contributed by atoms with Crippen LogP contribution in [0.2, 0.25) is 18.1 Å². The zero-order valence-electron chi connectivity index (χ0n) is 23.5. The van der Waals surface area contributed by atoms with Gasteiger partial charge in [-0.3, -0.25) is 14.9 Å². The van der Waals surface area contributed by atoms with Gasteiger partial charge in [0.1, 0.15) is 6.61 Å². The number of carbonyl (C=O) groups is 2. The number of amides is 1. The second kappa shape index (κ2) is 13.2. The van der Waals surface area contributed by atoms with Crippen molar-refractivity contribution in [2.24, 2.45) is 5.92 Å². The maximum atomic E-state index is 13.8. The van der Waals surface area contributed by atoms with Crippen LogP contribution >= 0.6 is 36.6 Å². The van der Waals surface area contributed by atoms with Crippen LogP contribution in [0.15, 0.2) is 59.5 Å². The lowest BCUT2D eigenvalue weighted by molar-refractivity contribution is -0.384. The van der Waals surface area contributed by atoms with Gasteiger partial charge in [-0.25, -0.2) is 4.79 Å². The van der Waals surface area contributed by atoms with E-state index >= 15 is 0 Å². The zero-order valence-corrected chi connectivity index (χ0v) is 27.1. The van der Waals surface area contributed by atoms with Crippen molar-refractivity contribution in [3.05, 3.63) is 70.3 Å². The summed E-state index contributed by atoms with van der Waals surface area (Å²) in [5.41, 5.74) is 0.507. The molecule has 0 N–H and O–H groups in total. The molecule has 1 saturated heterocycles. The number of β-lactam (4-membered cyclic amide) rings is 1. The highest BCUT2D eigenvalue weighted by molar-refractivity contribution is 8.11. The average molecular weight is 621 g/mol. The number of esters is 1. The predicted molar refractivity (Wildman–Crippen MR) is 167 cm³/mol. The van der Waals surface area contributed by atoms with Crippen molar-refractivity contribution < 1.29 is 23.7 Å². The molecule has 12 heteroatoms. The van der Waals surface area contributed by atoms with Gasteiger partial charge in [0.2, 0.25) is 5.91 Å². The van der Waals surface area contributed by atoms with Crippen molar-refractivity contribution in [3.63, 3.8) is 0 Å². The monoisotopic (exact) mass is 620 g/mol. The third-order valence-electron chi connectivity index (χ3n) is 7.44. The molecular formula is C28H36N2O6S3Si. The van der Waals surface area contributed by atoms with Gasteiger partial charge in [0.05, 0.1) is 26.5 Å². The summed E-state index contributed by atoms with van der Waals surface area (Å²) in [6.07, 6.45) is 0.319. The van der Waals surface area contributed by atoms with Crippen molar-refractivity contribution in [1.29, 1.82) is 0 Å². The summed E-state index contributed by atoms with van der Waals surface area (Å²) in [7, 11) is -2.19. The Hall–Kier alpha value is -2.25. The van der Waals surface area contributed by atoms with Gasteiger partial charge in [-0.15, -0.1) is 24.4 Å². The van der Waals surface area contributed by atoms with Gasteiger partial charge < -0.3 is 14.1 Å². The summed E-state index contributed by atoms with van der Waals surface area (Å²) in [5, 5.41) is 10.5. The molecule has 1 unspecified atom stereocenters. The number of hydrogen-bond donors (Lipinski definition) is 1. The minimum Gasteiger partial charge on any atom is -0.459 e. The first-order valence-electron chi connectivity index (χ1n) is 13.0. The van der Waals surface area contributed by atoms with Crippen molar-refractivity contribution >= 4 is 66.7 Å². The first kappa shape index (κ1) is 32.3. The number of thioether (sulfide) groups is 1. The first-order chi connectivity index (χ1) is 18.7. The number of nitro groups is 1. The number of carbonyl (C=O) groups excluding carboxylic acids is 2. The summed E-state index contributed by atoms with van der Waals surface area (Å²) in [6.45, 7) is 12.7. The molecule has 3 rings (SSSR count). The van der Waals surface area contributed by atoms with E-state index in [0.29, 0.717) is 12.0 Å². The van der Waals surface area contributed by atoms with Crippen LogP contribution in [-0.4, -0.2) is 51.7 Å². The van der Waals surface area contributed by atoms with Gasteiger partial charge in [-0.2, -0.15) is 0 Å². The number of non-ortho nitro benzene ring substituents is 1. The molecule has 0 spiro atoms. The Morgan fingerprint density at radius 1 is 1.18 bits per heavy atom. The van der Waals surface area contributed by atoms with Crippen LogP contribution in [-0.2, 0) is 25.4 Å². The summed E-state index contributed by atoms with van der Waals surface area (Å²) in [6, 6.07) is 14.2. The van der Waals surface area contributed by atoms with E-state index in [1.165, 1.54) is 40.9 Å². The maximum absolute atomic E-state index is 13.8. The number of thiol groups is 1. The molecule has 8 nitrogen and oxygen atoms in total. The molecule has 1 aliphatic rings. The lowest BCUT2D eigenvalue weighted by Crippen LogP contribution is -2.69. The molecule has 1 fully saturated rings. The van der Waals surface area contributed by atoms with Crippen molar-refractivity contribution in [3.8, 4) is 0 Å². The summed E-state index contributed by atoms with van der Waals surface area (Å²) < 4.78 is 12.3. The SMILES string of the molecule is CC[C@H](O[Si](C)(C)C(C)(C)C)[C@@H]1C(=O)N(C(C(=O)OCc2ccc([N+](=O)[O-])cc2)C(=S)S)[C@H]1Sc1ccccc1. The van der Waals surface area contributed by atoms with Crippen LogP contribution < -0.4 is 0 Å². The normalized spacial score (nSPS) is 19.0. The van der Waals surface area contributed by atoms with Gasteiger partial charge >= 0.3 is 5.97 Å². The smallest absolute Gasteiger partial charge is 0.335 e. The van der Waals surface area contributed by atoms with E-state index in [2.05, 4.69) is 46.5 Å². The fourth-order valence-corrected chi connectivity index (χ4v) is 7.38. The van der Waals surface area contributed by atoms with E-state index < -0.39 is 36.5 Å². The Labute approximate surface area is 251 Å². The third-order valence-corrected chi connectivity index (χ3v) is 13.7. The number of rotatable bonds is 12. The van der Waals surface area contributed by atoms with E-state index in [4.69, 9.17) is 21.4 Å². The second-order valence-electron chi connectivity index (χ2n) is 11.2. The van der Waals surface area contributed by atoms with Crippen molar-refractivity contribution in [2.75, 3.05) is 0 Å². The number of hydrogen-bond acceptors (Lipinski definition) is 8. The third kappa shape index (κ3) is 7.33. The molecule has 0 radical (unpaired) electrons. The lowest BCUT2D eigenvalue weighted by atomic mass is 9.89. The first-order valence-corrected chi connectivity index (χ1v) is 17.7. The fraction of sp³-hybridized carbons (Fsp3) is 0.464. The fourth-order valence-electron chi connectivity index (χ4n) is 4.14. The summed E-state index contributed by atoms with van der Waals surface area (Å²) in [4.78, 5) is 40.0. The van der Waals surface area contributed by atoms with Gasteiger partial charge in [-0.05, 0) is 54.4 Å². The number of benzene rings is 2. The van der Waals surface area contributed by atoms with Crippen molar-refractivity contribution in [1.82, 2.24) is 4.90 Å². The Morgan fingerprint density at radius 2 is 1.77 bits per heavy atom. The Kier molecular flexibility index (Phi) is 10.6. The molecule has 0 aliphatic carbocycles. The Bertz CT molecular complexity index is 1240. The highest BCUT2D eigenvalue weighted by atomic mass is 32.2. The molecule has 0 aromatic heterocycles. The highest BCUT2D eigenvalue weighted by Crippen LogP contribution is 2.46. The van der Waals surface area contributed by atoms with Crippen LogP contribution in [0.3, 0.4) is 0 Å². The molecule has 2 aromatic rings. The lowest BCUT2D eigenvalue weighted by Gasteiger charge is -2.53. The highest BCUT2D eigenvalue weighted by Gasteiger charge is 2.57. The molecule has 4 atom stereocenters.